The van der Waals surface area contributed by atoms with Gasteiger partial charge in [-0.25, -0.2) is 13.8 Å². The first-order chi connectivity index (χ1) is 10.5. The van der Waals surface area contributed by atoms with Gasteiger partial charge in [-0.3, -0.25) is 0 Å². The maximum absolute atomic E-state index is 13.8. The molecular formula is C15H9F4N3. The van der Waals surface area contributed by atoms with Crippen LogP contribution in [0.2, 0.25) is 0 Å². The van der Waals surface area contributed by atoms with E-state index in [1.54, 1.807) is 7.05 Å². The molecule has 1 aromatic carbocycles. The van der Waals surface area contributed by atoms with Crippen LogP contribution < -0.4 is 0 Å². The van der Waals surface area contributed by atoms with Crippen molar-refractivity contribution >= 4 is 0 Å². The highest BCUT2D eigenvalue weighted by Crippen LogP contribution is 2.27. The zero-order valence-electron chi connectivity index (χ0n) is 11.3. The molecule has 22 heavy (non-hydrogen) atoms. The first-order valence-corrected chi connectivity index (χ1v) is 6.27. The maximum Gasteiger partial charge on any atom is 0.225 e. The molecule has 0 amide bonds. The predicted octanol–water partition coefficient (Wildman–Crippen LogP) is 3.71. The normalized spacial score (nSPS) is 11.0. The Morgan fingerprint density at radius 3 is 2.32 bits per heavy atom. The average molecular weight is 307 g/mol. The number of benzene rings is 1. The maximum atomic E-state index is 13.8. The Bertz CT molecular complexity index is 858. The summed E-state index contributed by atoms with van der Waals surface area (Å²) in [7, 11) is 1.59. The molecule has 2 heterocycles. The van der Waals surface area contributed by atoms with Gasteiger partial charge in [0.05, 0.1) is 16.8 Å². The van der Waals surface area contributed by atoms with Crippen LogP contribution in [0.1, 0.15) is 0 Å². The van der Waals surface area contributed by atoms with E-state index in [0.29, 0.717) is 0 Å². The first-order valence-electron chi connectivity index (χ1n) is 6.27. The van der Waals surface area contributed by atoms with Crippen molar-refractivity contribution in [2.24, 2.45) is 7.05 Å². The lowest BCUT2D eigenvalue weighted by molar-refractivity contribution is 0.515. The lowest BCUT2D eigenvalue weighted by Gasteiger charge is -2.02. The van der Waals surface area contributed by atoms with Gasteiger partial charge in [-0.1, -0.05) is 0 Å². The molecule has 0 aliphatic heterocycles. The highest BCUT2D eigenvalue weighted by atomic mass is 19.1. The molecule has 112 valence electrons. The summed E-state index contributed by atoms with van der Waals surface area (Å²) in [5.74, 6) is -3.25. The second-order valence-electron chi connectivity index (χ2n) is 4.66. The monoisotopic (exact) mass is 307 g/mol. The number of imidazole rings is 1. The number of aryl methyl sites for hydroxylation is 1. The van der Waals surface area contributed by atoms with Gasteiger partial charge in [0.2, 0.25) is 11.9 Å². The predicted molar refractivity (Wildman–Crippen MR) is 71.7 cm³/mol. The number of aromatic nitrogens is 3. The number of nitrogens with zero attached hydrogens (tertiary/aromatic N) is 3. The molecule has 3 aromatic rings. The van der Waals surface area contributed by atoms with Crippen molar-refractivity contribution in [1.29, 1.82) is 0 Å². The Labute approximate surface area is 122 Å². The smallest absolute Gasteiger partial charge is 0.225 e. The molecule has 0 atom stereocenters. The highest BCUT2D eigenvalue weighted by Gasteiger charge is 2.16. The summed E-state index contributed by atoms with van der Waals surface area (Å²) in [5, 5.41) is 0. The molecule has 0 unspecified atom stereocenters. The molecule has 0 aliphatic carbocycles. The van der Waals surface area contributed by atoms with E-state index in [1.807, 2.05) is 0 Å². The van der Waals surface area contributed by atoms with Crippen LogP contribution in [-0.4, -0.2) is 14.5 Å². The third-order valence-corrected chi connectivity index (χ3v) is 3.14. The molecule has 3 nitrogen and oxygen atoms in total. The highest BCUT2D eigenvalue weighted by molar-refractivity contribution is 5.65. The summed E-state index contributed by atoms with van der Waals surface area (Å²) in [4.78, 5) is 7.21. The van der Waals surface area contributed by atoms with E-state index in [2.05, 4.69) is 9.97 Å². The Hall–Kier alpha value is -2.70. The lowest BCUT2D eigenvalue weighted by Crippen LogP contribution is -1.94. The van der Waals surface area contributed by atoms with E-state index in [1.165, 1.54) is 22.9 Å². The average Bonchev–Trinajstić information content (AvgIpc) is 2.80. The molecule has 0 saturated carbocycles. The lowest BCUT2D eigenvalue weighted by atomic mass is 10.2. The van der Waals surface area contributed by atoms with Gasteiger partial charge in [0.1, 0.15) is 17.5 Å². The fourth-order valence-corrected chi connectivity index (χ4v) is 2.12. The minimum absolute atomic E-state index is 0.00855. The topological polar surface area (TPSA) is 30.7 Å². The minimum atomic E-state index is -1.01. The van der Waals surface area contributed by atoms with Crippen molar-refractivity contribution in [2.45, 2.75) is 0 Å². The van der Waals surface area contributed by atoms with Crippen LogP contribution in [0, 0.1) is 23.5 Å². The van der Waals surface area contributed by atoms with Crippen LogP contribution >= 0.6 is 0 Å². The van der Waals surface area contributed by atoms with Gasteiger partial charge in [-0.05, 0) is 24.3 Å². The molecule has 0 radical (unpaired) electrons. The van der Waals surface area contributed by atoms with Crippen LogP contribution in [0.25, 0.3) is 22.6 Å². The molecule has 0 bridgehead atoms. The second kappa shape index (κ2) is 5.25. The van der Waals surface area contributed by atoms with E-state index in [9.17, 15) is 17.6 Å². The third kappa shape index (κ3) is 2.45. The van der Waals surface area contributed by atoms with Crippen molar-refractivity contribution in [3.8, 4) is 22.6 Å². The largest absolute Gasteiger partial charge is 0.333 e. The summed E-state index contributed by atoms with van der Waals surface area (Å²) in [5.41, 5.74) is 0.239. The summed E-state index contributed by atoms with van der Waals surface area (Å²) >= 11 is 0. The van der Waals surface area contributed by atoms with E-state index in [-0.39, 0.29) is 22.6 Å². The summed E-state index contributed by atoms with van der Waals surface area (Å²) in [6.07, 6.45) is 1.45. The molecule has 0 fully saturated rings. The number of rotatable bonds is 2. The molecule has 2 aromatic heterocycles. The van der Waals surface area contributed by atoms with Gasteiger partial charge in [0.25, 0.3) is 0 Å². The zero-order valence-corrected chi connectivity index (χ0v) is 11.3. The summed E-state index contributed by atoms with van der Waals surface area (Å²) < 4.78 is 54.8. The van der Waals surface area contributed by atoms with Crippen LogP contribution in [-0.2, 0) is 7.05 Å². The van der Waals surface area contributed by atoms with Crippen molar-refractivity contribution in [1.82, 2.24) is 14.5 Å². The fraction of sp³-hybridized carbons (Fsp3) is 0.0667. The first kappa shape index (κ1) is 14.2. The molecule has 0 aliphatic rings. The van der Waals surface area contributed by atoms with Crippen LogP contribution in [0.5, 0.6) is 0 Å². The fourth-order valence-electron chi connectivity index (χ4n) is 2.12. The van der Waals surface area contributed by atoms with Gasteiger partial charge >= 0.3 is 0 Å². The number of pyridine rings is 1. The van der Waals surface area contributed by atoms with Gasteiger partial charge in [0.15, 0.2) is 0 Å². The number of halogens is 4. The van der Waals surface area contributed by atoms with Gasteiger partial charge < -0.3 is 4.57 Å². The second-order valence-corrected chi connectivity index (χ2v) is 4.66. The van der Waals surface area contributed by atoms with Crippen molar-refractivity contribution in [3.05, 3.63) is 60.1 Å². The van der Waals surface area contributed by atoms with Gasteiger partial charge in [-0.15, -0.1) is 0 Å². The van der Waals surface area contributed by atoms with Crippen molar-refractivity contribution < 1.29 is 17.6 Å². The van der Waals surface area contributed by atoms with Crippen molar-refractivity contribution in [3.63, 3.8) is 0 Å². The number of hydrogen-bond acceptors (Lipinski definition) is 2. The summed E-state index contributed by atoms with van der Waals surface area (Å²) in [6, 6.07) is 5.29. The van der Waals surface area contributed by atoms with E-state index in [0.717, 1.165) is 18.2 Å². The SMILES string of the molecule is Cn1cc(-c2ccc(F)nc2F)nc1-c1ccc(F)cc1F. The van der Waals surface area contributed by atoms with Crippen LogP contribution in [0.3, 0.4) is 0 Å². The third-order valence-electron chi connectivity index (χ3n) is 3.14. The van der Waals surface area contributed by atoms with Crippen LogP contribution in [0.4, 0.5) is 17.6 Å². The number of hydrogen-bond donors (Lipinski definition) is 0. The standard InChI is InChI=1S/C15H9F4N3/c1-22-7-12(10-4-5-13(18)21-14(10)19)20-15(22)9-3-2-8(16)6-11(9)17/h2-7H,1H3. The Morgan fingerprint density at radius 2 is 1.64 bits per heavy atom. The van der Waals surface area contributed by atoms with E-state index < -0.39 is 23.5 Å². The molecule has 0 N–H and O–H groups in total. The quantitative estimate of drug-likeness (QED) is 0.534. The van der Waals surface area contributed by atoms with Crippen LogP contribution in [0.15, 0.2) is 36.5 Å². The van der Waals surface area contributed by atoms with Gasteiger partial charge in [0, 0.05) is 19.3 Å². The molecule has 0 spiro atoms. The molecule has 7 heteroatoms. The Kier molecular flexibility index (Phi) is 3.40. The van der Waals surface area contributed by atoms with E-state index in [4.69, 9.17) is 0 Å². The Balaban J connectivity index is 2.11. The zero-order chi connectivity index (χ0) is 15.9. The summed E-state index contributed by atoms with van der Waals surface area (Å²) in [6.45, 7) is 0. The van der Waals surface area contributed by atoms with E-state index >= 15 is 0 Å². The van der Waals surface area contributed by atoms with Gasteiger partial charge in [-0.2, -0.15) is 13.8 Å². The minimum Gasteiger partial charge on any atom is -0.333 e. The molecule has 0 saturated heterocycles. The van der Waals surface area contributed by atoms with Crippen molar-refractivity contribution in [2.75, 3.05) is 0 Å². The Morgan fingerprint density at radius 1 is 0.909 bits per heavy atom. The molecular weight excluding hydrogens is 298 g/mol. The molecule has 3 rings (SSSR count).